The van der Waals surface area contributed by atoms with E-state index in [9.17, 15) is 13.2 Å². The molecule has 96 valence electrons. The highest BCUT2D eigenvalue weighted by atomic mass is 19.4. The first-order chi connectivity index (χ1) is 8.51. The second-order valence-corrected chi connectivity index (χ2v) is 3.68. The second-order valence-electron chi connectivity index (χ2n) is 3.68. The summed E-state index contributed by atoms with van der Waals surface area (Å²) in [5.74, 6) is 0.800. The Kier molecular flexibility index (Phi) is 3.27. The van der Waals surface area contributed by atoms with Crippen LogP contribution in [0.15, 0.2) is 30.5 Å². The summed E-state index contributed by atoms with van der Waals surface area (Å²) in [6.45, 7) is -1.11. The van der Waals surface area contributed by atoms with Crippen LogP contribution >= 0.6 is 0 Å². The molecular formula is C12H11F3N2O. The number of fused-ring (bicyclic) bond motifs is 1. The van der Waals surface area contributed by atoms with Crippen LogP contribution in [-0.4, -0.2) is 24.8 Å². The summed E-state index contributed by atoms with van der Waals surface area (Å²) in [5.41, 5.74) is 0. The Morgan fingerprint density at radius 1 is 1.22 bits per heavy atom. The monoisotopic (exact) mass is 256 g/mol. The van der Waals surface area contributed by atoms with Gasteiger partial charge in [0.1, 0.15) is 18.1 Å². The zero-order chi connectivity index (χ0) is 13.2. The summed E-state index contributed by atoms with van der Waals surface area (Å²) in [7, 11) is 1.51. The van der Waals surface area contributed by atoms with Crippen LogP contribution in [0.3, 0.4) is 0 Å². The van der Waals surface area contributed by atoms with Crippen molar-refractivity contribution in [1.29, 1.82) is 0 Å². The average Bonchev–Trinajstić information content (AvgIpc) is 2.34. The lowest BCUT2D eigenvalue weighted by molar-refractivity contribution is -0.115. The molecule has 3 nitrogen and oxygen atoms in total. The summed E-state index contributed by atoms with van der Waals surface area (Å²) in [4.78, 5) is 3.92. The number of rotatable bonds is 3. The van der Waals surface area contributed by atoms with Crippen molar-refractivity contribution >= 4 is 16.6 Å². The van der Waals surface area contributed by atoms with Gasteiger partial charge >= 0.3 is 6.18 Å². The molecule has 0 spiro atoms. The van der Waals surface area contributed by atoms with Gasteiger partial charge in [-0.3, -0.25) is 0 Å². The Morgan fingerprint density at radius 2 is 2.00 bits per heavy atom. The summed E-state index contributed by atoms with van der Waals surface area (Å²) in [6, 6.07) is 6.86. The normalized spacial score (nSPS) is 11.6. The molecule has 2 aromatic rings. The van der Waals surface area contributed by atoms with E-state index in [1.54, 1.807) is 24.3 Å². The summed E-state index contributed by atoms with van der Waals surface area (Å²) < 4.78 is 41.7. The molecule has 0 aliphatic heterocycles. The maximum absolute atomic E-state index is 12.2. The van der Waals surface area contributed by atoms with Crippen LogP contribution in [0.1, 0.15) is 0 Å². The average molecular weight is 256 g/mol. The van der Waals surface area contributed by atoms with Gasteiger partial charge in [0, 0.05) is 17.0 Å². The highest BCUT2D eigenvalue weighted by molar-refractivity contribution is 5.95. The first-order valence-corrected chi connectivity index (χ1v) is 5.23. The Labute approximate surface area is 102 Å². The fourth-order valence-corrected chi connectivity index (χ4v) is 1.68. The lowest BCUT2D eigenvalue weighted by Gasteiger charge is -2.12. The number of hydrogen-bond donors (Lipinski definition) is 1. The number of nitrogens with one attached hydrogen (secondary N) is 1. The van der Waals surface area contributed by atoms with Crippen LogP contribution in [0.25, 0.3) is 10.8 Å². The number of anilines is 1. The van der Waals surface area contributed by atoms with Crippen molar-refractivity contribution in [1.82, 2.24) is 4.98 Å². The quantitative estimate of drug-likeness (QED) is 0.915. The van der Waals surface area contributed by atoms with E-state index in [4.69, 9.17) is 4.74 Å². The minimum absolute atomic E-state index is 0.198. The Balaban J connectivity index is 2.40. The van der Waals surface area contributed by atoms with Gasteiger partial charge in [-0.1, -0.05) is 12.1 Å². The third-order valence-electron chi connectivity index (χ3n) is 2.44. The highest BCUT2D eigenvalue weighted by Gasteiger charge is 2.27. The number of methoxy groups -OCH3 is 1. The molecule has 0 radical (unpaired) electrons. The standard InChI is InChI=1S/C12H11F3N2O/c1-18-10-4-2-3-9-8(10)5-6-16-11(9)17-7-12(13,14)15/h2-6H,7H2,1H3,(H,16,17). The van der Waals surface area contributed by atoms with Gasteiger partial charge in [-0.2, -0.15) is 13.2 Å². The lowest BCUT2D eigenvalue weighted by Crippen LogP contribution is -2.21. The molecule has 2 rings (SSSR count). The fourth-order valence-electron chi connectivity index (χ4n) is 1.68. The van der Waals surface area contributed by atoms with Crippen molar-refractivity contribution in [2.24, 2.45) is 0 Å². The molecule has 0 aliphatic rings. The molecular weight excluding hydrogens is 245 g/mol. The molecule has 0 fully saturated rings. The SMILES string of the molecule is COc1cccc2c(NCC(F)(F)F)nccc12. The molecule has 0 saturated carbocycles. The van der Waals surface area contributed by atoms with Crippen LogP contribution < -0.4 is 10.1 Å². The molecule has 0 atom stereocenters. The van der Waals surface area contributed by atoms with Crippen LogP contribution in [0.5, 0.6) is 5.75 Å². The Hall–Kier alpha value is -1.98. The molecule has 0 bridgehead atoms. The topological polar surface area (TPSA) is 34.1 Å². The zero-order valence-corrected chi connectivity index (χ0v) is 9.58. The number of ether oxygens (including phenoxy) is 1. The van der Waals surface area contributed by atoms with Crippen molar-refractivity contribution in [3.05, 3.63) is 30.5 Å². The van der Waals surface area contributed by atoms with Gasteiger partial charge < -0.3 is 10.1 Å². The maximum Gasteiger partial charge on any atom is 0.405 e. The van der Waals surface area contributed by atoms with Gasteiger partial charge in [0.15, 0.2) is 0 Å². The van der Waals surface area contributed by atoms with Crippen LogP contribution in [0.2, 0.25) is 0 Å². The summed E-state index contributed by atoms with van der Waals surface area (Å²) >= 11 is 0. The Morgan fingerprint density at radius 3 is 2.67 bits per heavy atom. The number of hydrogen-bond acceptors (Lipinski definition) is 3. The Bertz CT molecular complexity index is 555. The molecule has 1 heterocycles. The van der Waals surface area contributed by atoms with E-state index in [0.29, 0.717) is 11.1 Å². The van der Waals surface area contributed by atoms with Gasteiger partial charge in [-0.05, 0) is 12.1 Å². The molecule has 1 aromatic heterocycles. The van der Waals surface area contributed by atoms with E-state index in [1.165, 1.54) is 13.3 Å². The van der Waals surface area contributed by atoms with Gasteiger partial charge in [0.2, 0.25) is 0 Å². The number of pyridine rings is 1. The van der Waals surface area contributed by atoms with Crippen LogP contribution in [0, 0.1) is 0 Å². The minimum atomic E-state index is -4.28. The van der Waals surface area contributed by atoms with Crippen molar-refractivity contribution in [2.75, 3.05) is 19.0 Å². The van der Waals surface area contributed by atoms with Crippen molar-refractivity contribution in [2.45, 2.75) is 6.18 Å². The van der Waals surface area contributed by atoms with E-state index in [-0.39, 0.29) is 5.82 Å². The van der Waals surface area contributed by atoms with Gasteiger partial charge in [0.25, 0.3) is 0 Å². The second kappa shape index (κ2) is 4.72. The number of nitrogens with zero attached hydrogens (tertiary/aromatic N) is 1. The predicted octanol–water partition coefficient (Wildman–Crippen LogP) is 3.22. The molecule has 0 aliphatic carbocycles. The molecule has 0 unspecified atom stereocenters. The van der Waals surface area contributed by atoms with Gasteiger partial charge in [0.05, 0.1) is 7.11 Å². The number of alkyl halides is 3. The minimum Gasteiger partial charge on any atom is -0.496 e. The molecule has 6 heteroatoms. The van der Waals surface area contributed by atoms with E-state index >= 15 is 0 Å². The van der Waals surface area contributed by atoms with Gasteiger partial charge in [-0.15, -0.1) is 0 Å². The van der Waals surface area contributed by atoms with Crippen LogP contribution in [-0.2, 0) is 0 Å². The molecule has 18 heavy (non-hydrogen) atoms. The number of benzene rings is 1. The largest absolute Gasteiger partial charge is 0.496 e. The lowest BCUT2D eigenvalue weighted by atomic mass is 10.1. The van der Waals surface area contributed by atoms with E-state index in [1.807, 2.05) is 0 Å². The third kappa shape index (κ3) is 2.64. The summed E-state index contributed by atoms with van der Waals surface area (Å²) in [6.07, 6.45) is -2.83. The summed E-state index contributed by atoms with van der Waals surface area (Å²) in [5, 5.41) is 3.61. The molecule has 0 amide bonds. The number of halogens is 3. The van der Waals surface area contributed by atoms with Crippen molar-refractivity contribution in [3.63, 3.8) is 0 Å². The van der Waals surface area contributed by atoms with Crippen LogP contribution in [0.4, 0.5) is 19.0 Å². The van der Waals surface area contributed by atoms with E-state index in [2.05, 4.69) is 10.3 Å². The van der Waals surface area contributed by atoms with Crippen molar-refractivity contribution < 1.29 is 17.9 Å². The van der Waals surface area contributed by atoms with E-state index < -0.39 is 12.7 Å². The van der Waals surface area contributed by atoms with E-state index in [0.717, 1.165) is 5.39 Å². The number of aromatic nitrogens is 1. The predicted molar refractivity (Wildman–Crippen MR) is 62.8 cm³/mol. The highest BCUT2D eigenvalue weighted by Crippen LogP contribution is 2.29. The molecule has 1 N–H and O–H groups in total. The first kappa shape index (κ1) is 12.5. The first-order valence-electron chi connectivity index (χ1n) is 5.23. The fraction of sp³-hybridized carbons (Fsp3) is 0.250. The smallest absolute Gasteiger partial charge is 0.405 e. The molecule has 1 aromatic carbocycles. The maximum atomic E-state index is 12.2. The molecule has 0 saturated heterocycles. The van der Waals surface area contributed by atoms with Crippen molar-refractivity contribution in [3.8, 4) is 5.75 Å². The van der Waals surface area contributed by atoms with Gasteiger partial charge in [-0.25, -0.2) is 4.98 Å². The zero-order valence-electron chi connectivity index (χ0n) is 9.58. The third-order valence-corrected chi connectivity index (χ3v) is 2.44.